The Hall–Kier alpha value is -1.83. The van der Waals surface area contributed by atoms with Crippen LogP contribution in [-0.2, 0) is 7.05 Å². The lowest BCUT2D eigenvalue weighted by Gasteiger charge is -2.25. The standard InChI is InChI=1S/C11H13BrN6O/c1-17-6(3-5-15-17)7-2-4-14-11-8(12)9(10(13)19)16-18(7)11/h3,5,7,14H,2,4H2,1H3,(H2,13,19). The molecule has 0 aliphatic carbocycles. The fraction of sp³-hybridized carbons (Fsp3) is 0.364. The van der Waals surface area contributed by atoms with Crippen LogP contribution < -0.4 is 11.1 Å². The molecule has 0 fully saturated rings. The number of anilines is 1. The number of halogens is 1. The van der Waals surface area contributed by atoms with Gasteiger partial charge in [-0.3, -0.25) is 9.48 Å². The molecule has 1 aliphatic heterocycles. The van der Waals surface area contributed by atoms with Crippen LogP contribution in [-0.4, -0.2) is 32.0 Å². The molecule has 2 aromatic heterocycles. The number of aryl methyl sites for hydroxylation is 1. The Labute approximate surface area is 117 Å². The lowest BCUT2D eigenvalue weighted by atomic mass is 10.1. The molecule has 0 aromatic carbocycles. The molecule has 3 N–H and O–H groups in total. The van der Waals surface area contributed by atoms with Gasteiger partial charge in [-0.05, 0) is 28.4 Å². The van der Waals surface area contributed by atoms with Crippen molar-refractivity contribution >= 4 is 27.7 Å². The van der Waals surface area contributed by atoms with Crippen molar-refractivity contribution in [2.24, 2.45) is 12.8 Å². The second kappa shape index (κ2) is 4.37. The summed E-state index contributed by atoms with van der Waals surface area (Å²) in [5.41, 5.74) is 6.63. The molecule has 3 rings (SSSR count). The van der Waals surface area contributed by atoms with Crippen molar-refractivity contribution in [3.63, 3.8) is 0 Å². The topological polar surface area (TPSA) is 90.8 Å². The van der Waals surface area contributed by atoms with Crippen LogP contribution in [0.25, 0.3) is 0 Å². The Morgan fingerprint density at radius 1 is 1.63 bits per heavy atom. The molecule has 8 heteroatoms. The number of aromatic nitrogens is 4. The van der Waals surface area contributed by atoms with Gasteiger partial charge >= 0.3 is 0 Å². The molecular weight excluding hydrogens is 312 g/mol. The van der Waals surface area contributed by atoms with Crippen LogP contribution >= 0.6 is 15.9 Å². The van der Waals surface area contributed by atoms with Gasteiger partial charge in [0.1, 0.15) is 5.82 Å². The Kier molecular flexibility index (Phi) is 2.81. The van der Waals surface area contributed by atoms with Crippen molar-refractivity contribution in [3.8, 4) is 0 Å². The van der Waals surface area contributed by atoms with E-state index in [2.05, 4.69) is 31.4 Å². The van der Waals surface area contributed by atoms with Gasteiger partial charge < -0.3 is 11.1 Å². The van der Waals surface area contributed by atoms with E-state index in [4.69, 9.17) is 5.73 Å². The zero-order valence-corrected chi connectivity index (χ0v) is 11.9. The largest absolute Gasteiger partial charge is 0.369 e. The van der Waals surface area contributed by atoms with E-state index in [1.54, 1.807) is 10.9 Å². The number of amides is 1. The van der Waals surface area contributed by atoms with Gasteiger partial charge in [-0.15, -0.1) is 0 Å². The molecule has 1 unspecified atom stereocenters. The monoisotopic (exact) mass is 324 g/mol. The van der Waals surface area contributed by atoms with E-state index in [1.807, 2.05) is 17.8 Å². The smallest absolute Gasteiger partial charge is 0.270 e. The van der Waals surface area contributed by atoms with Crippen molar-refractivity contribution in [2.45, 2.75) is 12.5 Å². The van der Waals surface area contributed by atoms with Crippen LogP contribution in [0.15, 0.2) is 16.7 Å². The van der Waals surface area contributed by atoms with Crippen molar-refractivity contribution in [2.75, 3.05) is 11.9 Å². The first kappa shape index (κ1) is 12.2. The Morgan fingerprint density at radius 2 is 2.42 bits per heavy atom. The molecule has 0 saturated carbocycles. The van der Waals surface area contributed by atoms with Gasteiger partial charge in [-0.25, -0.2) is 4.68 Å². The molecule has 1 aliphatic rings. The summed E-state index contributed by atoms with van der Waals surface area (Å²) < 4.78 is 4.23. The fourth-order valence-corrected chi connectivity index (χ4v) is 2.99. The molecule has 0 spiro atoms. The third-order valence-electron chi connectivity index (χ3n) is 3.29. The highest BCUT2D eigenvalue weighted by molar-refractivity contribution is 9.10. The molecular formula is C11H13BrN6O. The maximum absolute atomic E-state index is 11.4. The van der Waals surface area contributed by atoms with Gasteiger partial charge in [0.05, 0.1) is 16.2 Å². The van der Waals surface area contributed by atoms with E-state index >= 15 is 0 Å². The van der Waals surface area contributed by atoms with Gasteiger partial charge in [-0.2, -0.15) is 10.2 Å². The normalized spacial score (nSPS) is 17.9. The minimum Gasteiger partial charge on any atom is -0.369 e. The molecule has 0 saturated heterocycles. The van der Waals surface area contributed by atoms with Gasteiger partial charge in [0.15, 0.2) is 5.69 Å². The Balaban J connectivity index is 2.13. The van der Waals surface area contributed by atoms with Gasteiger partial charge in [-0.1, -0.05) is 0 Å². The zero-order chi connectivity index (χ0) is 13.6. The number of carbonyl (C=O) groups is 1. The molecule has 1 amide bonds. The van der Waals surface area contributed by atoms with Gasteiger partial charge in [0, 0.05) is 19.8 Å². The second-order valence-electron chi connectivity index (χ2n) is 4.43. The van der Waals surface area contributed by atoms with E-state index in [0.29, 0.717) is 4.47 Å². The minimum absolute atomic E-state index is 0.0492. The maximum atomic E-state index is 11.4. The third-order valence-corrected chi connectivity index (χ3v) is 4.04. The van der Waals surface area contributed by atoms with Crippen LogP contribution in [0.2, 0.25) is 0 Å². The Bertz CT molecular complexity index is 646. The van der Waals surface area contributed by atoms with E-state index < -0.39 is 5.91 Å². The zero-order valence-electron chi connectivity index (χ0n) is 10.3. The van der Waals surface area contributed by atoms with Crippen LogP contribution in [0.5, 0.6) is 0 Å². The summed E-state index contributed by atoms with van der Waals surface area (Å²) in [6.45, 7) is 0.804. The highest BCUT2D eigenvalue weighted by Gasteiger charge is 2.29. The average Bonchev–Trinajstić information content (AvgIpc) is 2.94. The van der Waals surface area contributed by atoms with E-state index in [1.165, 1.54) is 0 Å². The SMILES string of the molecule is Cn1nccc1C1CCNc2c(Br)c(C(N)=O)nn21. The quantitative estimate of drug-likeness (QED) is 0.858. The summed E-state index contributed by atoms with van der Waals surface area (Å²) in [4.78, 5) is 11.4. The average molecular weight is 325 g/mol. The number of carbonyl (C=O) groups excluding carboxylic acids is 1. The number of fused-ring (bicyclic) bond motifs is 1. The highest BCUT2D eigenvalue weighted by atomic mass is 79.9. The summed E-state index contributed by atoms with van der Waals surface area (Å²) in [7, 11) is 1.89. The van der Waals surface area contributed by atoms with E-state index in [0.717, 1.165) is 24.5 Å². The molecule has 0 radical (unpaired) electrons. The summed E-state index contributed by atoms with van der Waals surface area (Å²) in [5, 5.41) is 11.7. The predicted octanol–water partition coefficient (Wildman–Crippen LogP) is 0.883. The van der Waals surface area contributed by atoms with Crippen molar-refractivity contribution in [3.05, 3.63) is 28.1 Å². The van der Waals surface area contributed by atoms with E-state index in [9.17, 15) is 4.79 Å². The second-order valence-corrected chi connectivity index (χ2v) is 5.22. The molecule has 1 atom stereocenters. The fourth-order valence-electron chi connectivity index (χ4n) is 2.39. The maximum Gasteiger partial charge on any atom is 0.270 e. The van der Waals surface area contributed by atoms with E-state index in [-0.39, 0.29) is 11.7 Å². The van der Waals surface area contributed by atoms with Gasteiger partial charge in [0.25, 0.3) is 5.91 Å². The number of nitrogens with two attached hydrogens (primary N) is 1. The summed E-state index contributed by atoms with van der Waals surface area (Å²) in [6, 6.07) is 2.01. The number of primary amides is 1. The lowest BCUT2D eigenvalue weighted by molar-refractivity contribution is 0.0994. The molecule has 7 nitrogen and oxygen atoms in total. The molecule has 0 bridgehead atoms. The number of nitrogens with one attached hydrogen (secondary N) is 1. The van der Waals surface area contributed by atoms with Crippen LogP contribution in [0.1, 0.15) is 28.6 Å². The first-order valence-corrected chi connectivity index (χ1v) is 6.68. The van der Waals surface area contributed by atoms with Crippen molar-refractivity contribution in [1.82, 2.24) is 19.6 Å². The van der Waals surface area contributed by atoms with Crippen molar-refractivity contribution < 1.29 is 4.79 Å². The first-order chi connectivity index (χ1) is 9.09. The number of nitrogens with zero attached hydrogens (tertiary/aromatic N) is 4. The number of hydrogen-bond acceptors (Lipinski definition) is 4. The first-order valence-electron chi connectivity index (χ1n) is 5.89. The molecule has 3 heterocycles. The third kappa shape index (κ3) is 1.83. The highest BCUT2D eigenvalue weighted by Crippen LogP contribution is 2.35. The summed E-state index contributed by atoms with van der Waals surface area (Å²) in [5.74, 6) is 0.241. The lowest BCUT2D eigenvalue weighted by Crippen LogP contribution is -2.26. The Morgan fingerprint density at radius 3 is 3.05 bits per heavy atom. The van der Waals surface area contributed by atoms with Crippen LogP contribution in [0.4, 0.5) is 5.82 Å². The summed E-state index contributed by atoms with van der Waals surface area (Å²) in [6.07, 6.45) is 2.63. The van der Waals surface area contributed by atoms with Crippen LogP contribution in [0.3, 0.4) is 0 Å². The van der Waals surface area contributed by atoms with Gasteiger partial charge in [0.2, 0.25) is 0 Å². The van der Waals surface area contributed by atoms with Crippen molar-refractivity contribution in [1.29, 1.82) is 0 Å². The minimum atomic E-state index is -0.542. The number of hydrogen-bond donors (Lipinski definition) is 2. The molecule has 19 heavy (non-hydrogen) atoms. The number of rotatable bonds is 2. The van der Waals surface area contributed by atoms with Crippen LogP contribution in [0, 0.1) is 0 Å². The summed E-state index contributed by atoms with van der Waals surface area (Å²) >= 11 is 3.38. The predicted molar refractivity (Wildman–Crippen MR) is 72.9 cm³/mol. The molecule has 100 valence electrons. The molecule has 2 aromatic rings.